The van der Waals surface area contributed by atoms with Crippen molar-refractivity contribution in [1.29, 1.82) is 0 Å². The van der Waals surface area contributed by atoms with E-state index in [9.17, 15) is 14.4 Å². The van der Waals surface area contributed by atoms with Crippen LogP contribution in [0.1, 0.15) is 11.5 Å². The van der Waals surface area contributed by atoms with Gasteiger partial charge in [-0.1, -0.05) is 36.4 Å². The molecule has 0 aliphatic carbocycles. The van der Waals surface area contributed by atoms with E-state index < -0.39 is 23.5 Å². The predicted molar refractivity (Wildman–Crippen MR) is 104 cm³/mol. The Kier molecular flexibility index (Phi) is 4.60. The zero-order valence-electron chi connectivity index (χ0n) is 14.7. The molecule has 1 heterocycles. The molecular formula is C22H16N2O4. The highest BCUT2D eigenvalue weighted by molar-refractivity contribution is 6.47. The molecule has 28 heavy (non-hydrogen) atoms. The van der Waals surface area contributed by atoms with Gasteiger partial charge in [-0.3, -0.25) is 14.4 Å². The van der Waals surface area contributed by atoms with Gasteiger partial charge in [0.2, 0.25) is 11.7 Å². The minimum absolute atomic E-state index is 0.436. The van der Waals surface area contributed by atoms with Crippen LogP contribution in [0.4, 0.5) is 11.4 Å². The SMILES string of the molecule is O=C(Nc1ccc(Oc2ccccc2)cc1)C(=O)[C@@H]1C(=O)Nc2ccccc21. The van der Waals surface area contributed by atoms with Gasteiger partial charge in [-0.25, -0.2) is 0 Å². The van der Waals surface area contributed by atoms with Gasteiger partial charge in [0.15, 0.2) is 0 Å². The van der Waals surface area contributed by atoms with E-state index >= 15 is 0 Å². The first-order chi connectivity index (χ1) is 13.6. The van der Waals surface area contributed by atoms with E-state index in [4.69, 9.17) is 4.74 Å². The summed E-state index contributed by atoms with van der Waals surface area (Å²) in [5.74, 6) is -1.97. The minimum Gasteiger partial charge on any atom is -0.457 e. The quantitative estimate of drug-likeness (QED) is 0.528. The number of fused-ring (bicyclic) bond motifs is 1. The molecule has 0 fully saturated rings. The molecule has 0 saturated heterocycles. The van der Waals surface area contributed by atoms with Crippen molar-refractivity contribution < 1.29 is 19.1 Å². The van der Waals surface area contributed by atoms with E-state index in [2.05, 4.69) is 10.6 Å². The van der Waals surface area contributed by atoms with Gasteiger partial charge in [0.05, 0.1) is 0 Å². The first-order valence-electron chi connectivity index (χ1n) is 8.70. The molecule has 0 saturated carbocycles. The summed E-state index contributed by atoms with van der Waals surface area (Å²) in [5, 5.41) is 5.16. The Labute approximate surface area is 161 Å². The second kappa shape index (κ2) is 7.36. The molecule has 0 radical (unpaired) electrons. The molecular weight excluding hydrogens is 356 g/mol. The van der Waals surface area contributed by atoms with Crippen LogP contribution < -0.4 is 15.4 Å². The van der Waals surface area contributed by atoms with Crippen molar-refractivity contribution in [3.63, 3.8) is 0 Å². The van der Waals surface area contributed by atoms with Crippen LogP contribution in [0.15, 0.2) is 78.9 Å². The number of anilines is 2. The lowest BCUT2D eigenvalue weighted by atomic mass is 9.95. The van der Waals surface area contributed by atoms with Crippen LogP contribution in [0.3, 0.4) is 0 Å². The van der Waals surface area contributed by atoms with E-state index in [1.54, 1.807) is 48.5 Å². The molecule has 6 heteroatoms. The molecule has 138 valence electrons. The molecule has 0 spiro atoms. The molecule has 3 aromatic rings. The maximum absolute atomic E-state index is 12.5. The summed E-state index contributed by atoms with van der Waals surface area (Å²) in [6.07, 6.45) is 0. The molecule has 3 aromatic carbocycles. The van der Waals surface area contributed by atoms with E-state index in [0.29, 0.717) is 28.4 Å². The number of nitrogens with one attached hydrogen (secondary N) is 2. The molecule has 2 amide bonds. The summed E-state index contributed by atoms with van der Waals surface area (Å²) in [4.78, 5) is 37.0. The van der Waals surface area contributed by atoms with Crippen molar-refractivity contribution in [3.05, 3.63) is 84.4 Å². The van der Waals surface area contributed by atoms with Gasteiger partial charge < -0.3 is 15.4 Å². The normalized spacial score (nSPS) is 14.7. The van der Waals surface area contributed by atoms with Crippen molar-refractivity contribution in [2.45, 2.75) is 5.92 Å². The van der Waals surface area contributed by atoms with E-state index in [-0.39, 0.29) is 0 Å². The summed E-state index contributed by atoms with van der Waals surface area (Å²) in [5.41, 5.74) is 1.51. The lowest BCUT2D eigenvalue weighted by Crippen LogP contribution is -2.31. The molecule has 0 bridgehead atoms. The zero-order valence-corrected chi connectivity index (χ0v) is 14.7. The molecule has 6 nitrogen and oxygen atoms in total. The van der Waals surface area contributed by atoms with Gasteiger partial charge in [-0.05, 0) is 48.0 Å². The summed E-state index contributed by atoms with van der Waals surface area (Å²) in [6, 6.07) is 22.8. The fraction of sp³-hybridized carbons (Fsp3) is 0.0455. The van der Waals surface area contributed by atoms with Crippen molar-refractivity contribution >= 4 is 29.0 Å². The van der Waals surface area contributed by atoms with Crippen LogP contribution in [0.5, 0.6) is 11.5 Å². The van der Waals surface area contributed by atoms with E-state index in [1.165, 1.54) is 0 Å². The minimum atomic E-state index is -1.13. The Morgan fingerprint density at radius 1 is 0.821 bits per heavy atom. The lowest BCUT2D eigenvalue weighted by molar-refractivity contribution is -0.138. The standard InChI is InChI=1S/C22H16N2O4/c25-20(19-17-8-4-5-9-18(17)24-21(19)26)22(27)23-14-10-12-16(13-11-14)28-15-6-2-1-3-7-15/h1-13,19H,(H,23,27)(H,24,26)/t19-/m1/s1. The highest BCUT2D eigenvalue weighted by atomic mass is 16.5. The van der Waals surface area contributed by atoms with Crippen LogP contribution in [-0.2, 0) is 14.4 Å². The van der Waals surface area contributed by atoms with E-state index in [0.717, 1.165) is 0 Å². The van der Waals surface area contributed by atoms with Crippen molar-refractivity contribution in [2.24, 2.45) is 0 Å². The Morgan fingerprint density at radius 2 is 1.46 bits per heavy atom. The molecule has 2 N–H and O–H groups in total. The number of ketones is 1. The average molecular weight is 372 g/mol. The number of ether oxygens (including phenoxy) is 1. The molecule has 1 atom stereocenters. The number of carbonyl (C=O) groups is 3. The first kappa shape index (κ1) is 17.5. The van der Waals surface area contributed by atoms with Crippen molar-refractivity contribution in [1.82, 2.24) is 0 Å². The fourth-order valence-corrected chi connectivity index (χ4v) is 3.02. The molecule has 0 unspecified atom stereocenters. The molecule has 1 aliphatic heterocycles. The third kappa shape index (κ3) is 3.48. The molecule has 4 rings (SSSR count). The number of amides is 2. The topological polar surface area (TPSA) is 84.5 Å². The maximum atomic E-state index is 12.5. The number of para-hydroxylation sites is 2. The Balaban J connectivity index is 1.44. The van der Waals surface area contributed by atoms with Crippen LogP contribution in [0.25, 0.3) is 0 Å². The van der Waals surface area contributed by atoms with Gasteiger partial charge in [0.25, 0.3) is 5.91 Å². The zero-order chi connectivity index (χ0) is 19.5. The summed E-state index contributed by atoms with van der Waals surface area (Å²) in [7, 11) is 0. The van der Waals surface area contributed by atoms with Gasteiger partial charge in [0.1, 0.15) is 17.4 Å². The second-order valence-electron chi connectivity index (χ2n) is 6.27. The second-order valence-corrected chi connectivity index (χ2v) is 6.27. The third-order valence-electron chi connectivity index (χ3n) is 4.37. The van der Waals surface area contributed by atoms with Crippen molar-refractivity contribution in [2.75, 3.05) is 10.6 Å². The number of hydrogen-bond acceptors (Lipinski definition) is 4. The number of benzene rings is 3. The van der Waals surface area contributed by atoms with Crippen LogP contribution in [0, 0.1) is 0 Å². The van der Waals surface area contributed by atoms with Gasteiger partial charge in [0, 0.05) is 11.4 Å². The maximum Gasteiger partial charge on any atom is 0.292 e. The van der Waals surface area contributed by atoms with Crippen LogP contribution >= 0.6 is 0 Å². The third-order valence-corrected chi connectivity index (χ3v) is 4.37. The number of Topliss-reactive ketones (excluding diaryl/α,β-unsaturated/α-hetero) is 1. The average Bonchev–Trinajstić information content (AvgIpc) is 3.05. The van der Waals surface area contributed by atoms with Gasteiger partial charge in [-0.2, -0.15) is 0 Å². The van der Waals surface area contributed by atoms with Crippen molar-refractivity contribution in [3.8, 4) is 11.5 Å². The monoisotopic (exact) mass is 372 g/mol. The Hall–Kier alpha value is -3.93. The molecule has 0 aromatic heterocycles. The first-order valence-corrected chi connectivity index (χ1v) is 8.70. The van der Waals surface area contributed by atoms with Gasteiger partial charge >= 0.3 is 0 Å². The highest BCUT2D eigenvalue weighted by Crippen LogP contribution is 2.33. The summed E-state index contributed by atoms with van der Waals surface area (Å²) < 4.78 is 5.69. The highest BCUT2D eigenvalue weighted by Gasteiger charge is 2.39. The van der Waals surface area contributed by atoms with Gasteiger partial charge in [-0.15, -0.1) is 0 Å². The number of hydrogen-bond donors (Lipinski definition) is 2. The Bertz CT molecular complexity index is 1050. The lowest BCUT2D eigenvalue weighted by Gasteiger charge is -2.10. The molecule has 1 aliphatic rings. The summed E-state index contributed by atoms with van der Waals surface area (Å²) in [6.45, 7) is 0. The number of carbonyl (C=O) groups excluding carboxylic acids is 3. The van der Waals surface area contributed by atoms with Crippen LogP contribution in [0.2, 0.25) is 0 Å². The Morgan fingerprint density at radius 3 is 2.21 bits per heavy atom. The smallest absolute Gasteiger partial charge is 0.292 e. The van der Waals surface area contributed by atoms with Crippen LogP contribution in [-0.4, -0.2) is 17.6 Å². The predicted octanol–water partition coefficient (Wildman–Crippen LogP) is 3.72. The fourth-order valence-electron chi connectivity index (χ4n) is 3.02. The number of rotatable bonds is 5. The summed E-state index contributed by atoms with van der Waals surface area (Å²) >= 11 is 0. The largest absolute Gasteiger partial charge is 0.457 e. The van der Waals surface area contributed by atoms with E-state index in [1.807, 2.05) is 30.3 Å².